The fraction of sp³-hybridized carbons (Fsp3) is 0.167. The highest BCUT2D eigenvalue weighted by Crippen LogP contribution is 2.44. The van der Waals surface area contributed by atoms with Gasteiger partial charge >= 0.3 is 0 Å². The van der Waals surface area contributed by atoms with Crippen LogP contribution >= 0.6 is 11.6 Å². The summed E-state index contributed by atoms with van der Waals surface area (Å²) < 4.78 is 0. The fourth-order valence-corrected chi connectivity index (χ4v) is 2.77. The van der Waals surface area contributed by atoms with Crippen LogP contribution in [0.3, 0.4) is 0 Å². The minimum Gasteiger partial charge on any atom is -0.507 e. The molecule has 126 valence electrons. The number of halogens is 1. The summed E-state index contributed by atoms with van der Waals surface area (Å²) in [5.41, 5.74) is 4.21. The summed E-state index contributed by atoms with van der Waals surface area (Å²) >= 11 is 6.05. The highest BCUT2D eigenvalue weighted by atomic mass is 35.5. The standard InChI is InChI=1S/C17H15ClN2O2.CH4O/c1-9-16(21)12(8-13(18)17(9)22)15-14(10(2)19-20-15)11-6-4-3-5-7-11;1-2/h3-8,21-22H,1-2H3,(H,19,20);2H,1H3. The smallest absolute Gasteiger partial charge is 0.140 e. The molecule has 2 aromatic carbocycles. The van der Waals surface area contributed by atoms with E-state index in [0.717, 1.165) is 23.9 Å². The van der Waals surface area contributed by atoms with Gasteiger partial charge in [0.2, 0.25) is 0 Å². The first kappa shape index (κ1) is 17.8. The number of hydrogen-bond acceptors (Lipinski definition) is 4. The van der Waals surface area contributed by atoms with Crippen molar-refractivity contribution >= 4 is 11.6 Å². The molecule has 0 bridgehead atoms. The third-order valence-corrected chi connectivity index (χ3v) is 4.02. The van der Waals surface area contributed by atoms with E-state index in [2.05, 4.69) is 10.2 Å². The van der Waals surface area contributed by atoms with E-state index in [1.54, 1.807) is 6.92 Å². The fourth-order valence-electron chi connectivity index (χ4n) is 2.52. The molecule has 0 radical (unpaired) electrons. The van der Waals surface area contributed by atoms with Crippen LogP contribution in [0.2, 0.25) is 5.02 Å². The van der Waals surface area contributed by atoms with Crippen molar-refractivity contribution in [2.45, 2.75) is 13.8 Å². The number of phenols is 2. The van der Waals surface area contributed by atoms with E-state index in [0.29, 0.717) is 16.8 Å². The second kappa shape index (κ2) is 7.38. The number of aliphatic hydroxyl groups is 1. The van der Waals surface area contributed by atoms with Gasteiger partial charge in [-0.1, -0.05) is 41.9 Å². The summed E-state index contributed by atoms with van der Waals surface area (Å²) in [6, 6.07) is 11.3. The van der Waals surface area contributed by atoms with Gasteiger partial charge in [-0.25, -0.2) is 0 Å². The van der Waals surface area contributed by atoms with Crippen molar-refractivity contribution in [2.75, 3.05) is 7.11 Å². The van der Waals surface area contributed by atoms with Crippen LogP contribution in [0.1, 0.15) is 11.3 Å². The Kier molecular flexibility index (Phi) is 5.49. The minimum absolute atomic E-state index is 0.0226. The molecule has 0 saturated carbocycles. The Morgan fingerprint density at radius 2 is 1.62 bits per heavy atom. The van der Waals surface area contributed by atoms with Crippen molar-refractivity contribution in [3.63, 3.8) is 0 Å². The van der Waals surface area contributed by atoms with Crippen LogP contribution in [0.25, 0.3) is 22.4 Å². The number of aromatic amines is 1. The normalized spacial score (nSPS) is 10.2. The number of phenolic OH excluding ortho intramolecular Hbond substituents is 2. The molecule has 6 heteroatoms. The van der Waals surface area contributed by atoms with Crippen LogP contribution in [0.5, 0.6) is 11.5 Å². The summed E-state index contributed by atoms with van der Waals surface area (Å²) in [5.74, 6) is -0.137. The van der Waals surface area contributed by atoms with E-state index in [1.807, 2.05) is 37.3 Å². The molecule has 0 unspecified atom stereocenters. The summed E-state index contributed by atoms with van der Waals surface area (Å²) in [6.07, 6.45) is 0. The molecule has 0 aliphatic carbocycles. The van der Waals surface area contributed by atoms with Crippen LogP contribution in [0, 0.1) is 13.8 Å². The maximum absolute atomic E-state index is 10.4. The molecule has 0 fully saturated rings. The van der Waals surface area contributed by atoms with Gasteiger partial charge in [-0.05, 0) is 25.5 Å². The molecule has 1 heterocycles. The first-order valence-corrected chi connectivity index (χ1v) is 7.65. The molecule has 1 aromatic heterocycles. The lowest BCUT2D eigenvalue weighted by atomic mass is 9.97. The van der Waals surface area contributed by atoms with Gasteiger partial charge in [0, 0.05) is 29.5 Å². The zero-order chi connectivity index (χ0) is 17.9. The monoisotopic (exact) mass is 346 g/mol. The SMILES string of the molecule is CO.Cc1[nH]nc(-c2cc(Cl)c(O)c(C)c2O)c1-c1ccccc1. The number of benzene rings is 2. The second-order valence-corrected chi connectivity index (χ2v) is 5.57. The average molecular weight is 347 g/mol. The number of aryl methyl sites for hydroxylation is 1. The lowest BCUT2D eigenvalue weighted by molar-refractivity contribution is 0.399. The van der Waals surface area contributed by atoms with E-state index in [-0.39, 0.29) is 16.5 Å². The summed E-state index contributed by atoms with van der Waals surface area (Å²) in [5, 5.41) is 34.6. The van der Waals surface area contributed by atoms with Crippen LogP contribution in [0.4, 0.5) is 0 Å². The number of aliphatic hydroxyl groups excluding tert-OH is 1. The van der Waals surface area contributed by atoms with Crippen molar-refractivity contribution in [3.05, 3.63) is 52.7 Å². The molecule has 3 aromatic rings. The molecule has 0 saturated heterocycles. The molecule has 0 aliphatic rings. The third-order valence-electron chi connectivity index (χ3n) is 3.73. The summed E-state index contributed by atoms with van der Waals surface area (Å²) in [7, 11) is 1.00. The minimum atomic E-state index is -0.114. The largest absolute Gasteiger partial charge is 0.507 e. The lowest BCUT2D eigenvalue weighted by Gasteiger charge is -2.11. The first-order chi connectivity index (χ1) is 11.5. The zero-order valence-corrected chi connectivity index (χ0v) is 14.4. The van der Waals surface area contributed by atoms with E-state index in [4.69, 9.17) is 16.7 Å². The van der Waals surface area contributed by atoms with Gasteiger partial charge in [-0.15, -0.1) is 0 Å². The number of nitrogens with zero attached hydrogens (tertiary/aromatic N) is 1. The van der Waals surface area contributed by atoms with Gasteiger partial charge in [0.05, 0.1) is 5.02 Å². The van der Waals surface area contributed by atoms with Crippen LogP contribution in [-0.4, -0.2) is 32.6 Å². The van der Waals surface area contributed by atoms with E-state index < -0.39 is 0 Å². The molecule has 3 rings (SSSR count). The van der Waals surface area contributed by atoms with Gasteiger partial charge < -0.3 is 15.3 Å². The Labute approximate surface area is 145 Å². The van der Waals surface area contributed by atoms with Gasteiger partial charge in [0.1, 0.15) is 17.2 Å². The Morgan fingerprint density at radius 3 is 2.25 bits per heavy atom. The van der Waals surface area contributed by atoms with Crippen molar-refractivity contribution in [1.29, 1.82) is 0 Å². The van der Waals surface area contributed by atoms with E-state index in [1.165, 1.54) is 6.07 Å². The average Bonchev–Trinajstić information content (AvgIpc) is 3.00. The maximum Gasteiger partial charge on any atom is 0.140 e. The Bertz CT molecular complexity index is 845. The van der Waals surface area contributed by atoms with E-state index in [9.17, 15) is 10.2 Å². The number of aromatic hydroxyl groups is 2. The van der Waals surface area contributed by atoms with Gasteiger partial charge in [-0.3, -0.25) is 5.10 Å². The molecular formula is C18H19ClN2O3. The van der Waals surface area contributed by atoms with Crippen LogP contribution < -0.4 is 0 Å². The molecule has 0 spiro atoms. The third kappa shape index (κ3) is 3.09. The number of aromatic nitrogens is 2. The number of hydrogen-bond donors (Lipinski definition) is 4. The number of rotatable bonds is 2. The Hall–Kier alpha value is -2.50. The Morgan fingerprint density at radius 1 is 1.00 bits per heavy atom. The van der Waals surface area contributed by atoms with Crippen molar-refractivity contribution in [2.24, 2.45) is 0 Å². The summed E-state index contributed by atoms with van der Waals surface area (Å²) in [6.45, 7) is 3.53. The summed E-state index contributed by atoms with van der Waals surface area (Å²) in [4.78, 5) is 0. The van der Waals surface area contributed by atoms with E-state index >= 15 is 0 Å². The van der Waals surface area contributed by atoms with Crippen LogP contribution in [-0.2, 0) is 0 Å². The zero-order valence-electron chi connectivity index (χ0n) is 13.6. The van der Waals surface area contributed by atoms with Gasteiger partial charge in [0.15, 0.2) is 0 Å². The first-order valence-electron chi connectivity index (χ1n) is 7.27. The number of nitrogens with one attached hydrogen (secondary N) is 1. The molecule has 24 heavy (non-hydrogen) atoms. The topological polar surface area (TPSA) is 89.4 Å². The van der Waals surface area contributed by atoms with Crippen molar-refractivity contribution in [3.8, 4) is 33.9 Å². The Balaban J connectivity index is 0.00000100. The van der Waals surface area contributed by atoms with Gasteiger partial charge in [0.25, 0.3) is 0 Å². The maximum atomic E-state index is 10.4. The predicted octanol–water partition coefficient (Wildman–Crippen LogP) is 4.03. The van der Waals surface area contributed by atoms with Crippen molar-refractivity contribution in [1.82, 2.24) is 10.2 Å². The van der Waals surface area contributed by atoms with Crippen molar-refractivity contribution < 1.29 is 15.3 Å². The highest BCUT2D eigenvalue weighted by molar-refractivity contribution is 6.32. The van der Waals surface area contributed by atoms with Crippen LogP contribution in [0.15, 0.2) is 36.4 Å². The highest BCUT2D eigenvalue weighted by Gasteiger charge is 2.20. The predicted molar refractivity (Wildman–Crippen MR) is 95.4 cm³/mol. The molecular weight excluding hydrogens is 328 g/mol. The quantitative estimate of drug-likeness (QED) is 0.564. The molecule has 4 N–H and O–H groups in total. The molecule has 0 aliphatic heterocycles. The number of H-pyrrole nitrogens is 1. The van der Waals surface area contributed by atoms with Gasteiger partial charge in [-0.2, -0.15) is 5.10 Å². The second-order valence-electron chi connectivity index (χ2n) is 5.17. The molecule has 5 nitrogen and oxygen atoms in total. The molecule has 0 amide bonds. The lowest BCUT2D eigenvalue weighted by Crippen LogP contribution is -1.88. The molecule has 0 atom stereocenters.